The summed E-state index contributed by atoms with van der Waals surface area (Å²) < 4.78 is 0. The molecule has 3 atom stereocenters. The summed E-state index contributed by atoms with van der Waals surface area (Å²) in [4.78, 5) is 22.2. The molecule has 0 heterocycles. The van der Waals surface area contributed by atoms with E-state index in [1.54, 1.807) is 6.92 Å². The van der Waals surface area contributed by atoms with Gasteiger partial charge in [0.2, 0.25) is 5.91 Å². The van der Waals surface area contributed by atoms with Crippen molar-refractivity contribution in [1.82, 2.24) is 5.32 Å². The summed E-state index contributed by atoms with van der Waals surface area (Å²) in [6.07, 6.45) is 1.93. The summed E-state index contributed by atoms with van der Waals surface area (Å²) in [6, 6.07) is 0. The summed E-state index contributed by atoms with van der Waals surface area (Å²) in [7, 11) is 0. The Balaban J connectivity index is 2.28. The molecule has 5 nitrogen and oxygen atoms in total. The summed E-state index contributed by atoms with van der Waals surface area (Å²) in [5.74, 6) is -1.62. The molecule has 5 heteroatoms. The molecule has 0 aromatic carbocycles. The van der Waals surface area contributed by atoms with Crippen LogP contribution in [0.1, 0.15) is 40.0 Å². The molecule has 0 bridgehead atoms. The maximum atomic E-state index is 11.6. The van der Waals surface area contributed by atoms with Crippen LogP contribution < -0.4 is 5.32 Å². The van der Waals surface area contributed by atoms with Gasteiger partial charge in [-0.3, -0.25) is 9.59 Å². The van der Waals surface area contributed by atoms with E-state index in [9.17, 15) is 14.7 Å². The number of amides is 1. The fraction of sp³-hybridized carbons (Fsp3) is 0.846. The Kier molecular flexibility index (Phi) is 4.73. The number of hydrogen-bond acceptors (Lipinski definition) is 3. The van der Waals surface area contributed by atoms with E-state index in [4.69, 9.17) is 5.11 Å². The van der Waals surface area contributed by atoms with Crippen LogP contribution in [0, 0.1) is 17.8 Å². The van der Waals surface area contributed by atoms with Crippen molar-refractivity contribution in [2.45, 2.75) is 45.6 Å². The van der Waals surface area contributed by atoms with Crippen molar-refractivity contribution >= 4 is 11.9 Å². The van der Waals surface area contributed by atoms with Crippen LogP contribution in [-0.2, 0) is 9.59 Å². The zero-order chi connectivity index (χ0) is 13.9. The largest absolute Gasteiger partial charge is 0.481 e. The Morgan fingerprint density at radius 2 is 2.00 bits per heavy atom. The Morgan fingerprint density at radius 1 is 1.39 bits per heavy atom. The summed E-state index contributed by atoms with van der Waals surface area (Å²) in [5, 5.41) is 21.4. The van der Waals surface area contributed by atoms with Crippen molar-refractivity contribution in [3.05, 3.63) is 0 Å². The quantitative estimate of drug-likeness (QED) is 0.635. The van der Waals surface area contributed by atoms with E-state index in [2.05, 4.69) is 19.2 Å². The van der Waals surface area contributed by atoms with Gasteiger partial charge in [0.05, 0.1) is 17.4 Å². The van der Waals surface area contributed by atoms with Gasteiger partial charge in [0.1, 0.15) is 0 Å². The van der Waals surface area contributed by atoms with Gasteiger partial charge >= 0.3 is 5.97 Å². The molecule has 3 unspecified atom stereocenters. The van der Waals surface area contributed by atoms with Crippen LogP contribution in [0.15, 0.2) is 0 Å². The van der Waals surface area contributed by atoms with Crippen LogP contribution in [0.3, 0.4) is 0 Å². The summed E-state index contributed by atoms with van der Waals surface area (Å²) in [5.41, 5.74) is -0.923. The molecular formula is C13H23NO4. The van der Waals surface area contributed by atoms with Gasteiger partial charge in [-0.15, -0.1) is 0 Å². The van der Waals surface area contributed by atoms with E-state index < -0.39 is 23.4 Å². The molecule has 0 spiro atoms. The monoisotopic (exact) mass is 257 g/mol. The Bertz CT molecular complexity index is 325. The summed E-state index contributed by atoms with van der Waals surface area (Å²) in [6.45, 7) is 6.03. The lowest BCUT2D eigenvalue weighted by Crippen LogP contribution is -2.41. The Labute approximate surface area is 108 Å². The highest BCUT2D eigenvalue weighted by atomic mass is 16.4. The van der Waals surface area contributed by atoms with E-state index in [0.717, 1.165) is 6.42 Å². The number of carboxylic acids is 1. The predicted octanol–water partition coefficient (Wildman–Crippen LogP) is 1.01. The molecule has 1 aliphatic carbocycles. The highest BCUT2D eigenvalue weighted by molar-refractivity contribution is 5.89. The van der Waals surface area contributed by atoms with Crippen molar-refractivity contribution in [3.8, 4) is 0 Å². The second-order valence-corrected chi connectivity index (χ2v) is 5.93. The van der Waals surface area contributed by atoms with Crippen LogP contribution in [0.4, 0.5) is 0 Å². The molecular weight excluding hydrogens is 234 g/mol. The van der Waals surface area contributed by atoms with E-state index >= 15 is 0 Å². The van der Waals surface area contributed by atoms with Gasteiger partial charge in [-0.05, 0) is 32.1 Å². The highest BCUT2D eigenvalue weighted by Crippen LogP contribution is 2.38. The van der Waals surface area contributed by atoms with Crippen molar-refractivity contribution in [1.29, 1.82) is 0 Å². The number of nitrogens with one attached hydrogen (secondary N) is 1. The third-order valence-corrected chi connectivity index (χ3v) is 3.35. The molecule has 1 fully saturated rings. The molecule has 1 aliphatic rings. The first-order valence-corrected chi connectivity index (χ1v) is 6.46. The number of carbonyl (C=O) groups excluding carboxylic acids is 1. The standard InChI is InChI=1S/C13H23NO4/c1-8(2)4-5-13(3,18)7-14-11(15)9-6-10(9)12(16)17/h8-10,18H,4-7H2,1-3H3,(H,14,15)(H,16,17). The van der Waals surface area contributed by atoms with Gasteiger partial charge in [-0.1, -0.05) is 13.8 Å². The minimum absolute atomic E-state index is 0.182. The Morgan fingerprint density at radius 3 is 2.44 bits per heavy atom. The minimum atomic E-state index is -0.923. The van der Waals surface area contributed by atoms with Crippen molar-refractivity contribution in [2.24, 2.45) is 17.8 Å². The fourth-order valence-electron chi connectivity index (χ4n) is 1.85. The molecule has 1 amide bonds. The smallest absolute Gasteiger partial charge is 0.307 e. The second kappa shape index (κ2) is 5.69. The first-order chi connectivity index (χ1) is 8.23. The molecule has 0 saturated heterocycles. The fourth-order valence-corrected chi connectivity index (χ4v) is 1.85. The maximum Gasteiger partial charge on any atom is 0.307 e. The molecule has 3 N–H and O–H groups in total. The first kappa shape index (κ1) is 15.0. The lowest BCUT2D eigenvalue weighted by molar-refractivity contribution is -0.140. The normalized spacial score (nSPS) is 25.6. The molecule has 1 saturated carbocycles. The van der Waals surface area contributed by atoms with Crippen molar-refractivity contribution < 1.29 is 19.8 Å². The number of aliphatic hydroxyl groups is 1. The number of carboxylic acid groups (broad SMARTS) is 1. The van der Waals surface area contributed by atoms with E-state index in [-0.39, 0.29) is 12.5 Å². The van der Waals surface area contributed by atoms with Crippen LogP contribution in [0.25, 0.3) is 0 Å². The molecule has 18 heavy (non-hydrogen) atoms. The topological polar surface area (TPSA) is 86.6 Å². The molecule has 1 rings (SSSR count). The highest BCUT2D eigenvalue weighted by Gasteiger charge is 2.48. The first-order valence-electron chi connectivity index (χ1n) is 6.46. The Hall–Kier alpha value is -1.10. The average Bonchev–Trinajstić information content (AvgIpc) is 3.03. The van der Waals surface area contributed by atoms with Crippen LogP contribution in [0.2, 0.25) is 0 Å². The average molecular weight is 257 g/mol. The van der Waals surface area contributed by atoms with Crippen molar-refractivity contribution in [2.75, 3.05) is 6.54 Å². The van der Waals surface area contributed by atoms with Crippen LogP contribution in [-0.4, -0.2) is 34.2 Å². The number of hydrogen-bond donors (Lipinski definition) is 3. The summed E-state index contributed by atoms with van der Waals surface area (Å²) >= 11 is 0. The van der Waals surface area contributed by atoms with Gasteiger partial charge in [0.25, 0.3) is 0 Å². The van der Waals surface area contributed by atoms with Gasteiger partial charge in [0.15, 0.2) is 0 Å². The zero-order valence-electron chi connectivity index (χ0n) is 11.3. The third-order valence-electron chi connectivity index (χ3n) is 3.35. The lowest BCUT2D eigenvalue weighted by atomic mass is 9.95. The van der Waals surface area contributed by atoms with E-state index in [0.29, 0.717) is 18.8 Å². The van der Waals surface area contributed by atoms with Gasteiger partial charge < -0.3 is 15.5 Å². The molecule has 0 aliphatic heterocycles. The molecule has 0 aromatic heterocycles. The molecule has 0 radical (unpaired) electrons. The van der Waals surface area contributed by atoms with Gasteiger partial charge in [-0.25, -0.2) is 0 Å². The number of carbonyl (C=O) groups is 2. The zero-order valence-corrected chi connectivity index (χ0v) is 11.3. The number of aliphatic carboxylic acids is 1. The second-order valence-electron chi connectivity index (χ2n) is 5.93. The van der Waals surface area contributed by atoms with Gasteiger partial charge in [-0.2, -0.15) is 0 Å². The SMILES string of the molecule is CC(C)CCC(C)(O)CNC(=O)C1CC1C(=O)O. The maximum absolute atomic E-state index is 11.6. The minimum Gasteiger partial charge on any atom is -0.481 e. The van der Waals surface area contributed by atoms with Crippen molar-refractivity contribution in [3.63, 3.8) is 0 Å². The number of rotatable bonds is 7. The lowest BCUT2D eigenvalue weighted by Gasteiger charge is -2.24. The van der Waals surface area contributed by atoms with E-state index in [1.807, 2.05) is 0 Å². The third kappa shape index (κ3) is 4.64. The molecule has 0 aromatic rings. The van der Waals surface area contributed by atoms with Crippen LogP contribution in [0.5, 0.6) is 0 Å². The predicted molar refractivity (Wildman–Crippen MR) is 66.9 cm³/mol. The van der Waals surface area contributed by atoms with E-state index in [1.165, 1.54) is 0 Å². The molecule has 104 valence electrons. The van der Waals surface area contributed by atoms with Gasteiger partial charge in [0, 0.05) is 6.54 Å². The van der Waals surface area contributed by atoms with Crippen LogP contribution >= 0.6 is 0 Å².